The number of nitriles is 1. The largest absolute Gasteiger partial charge is 0.395 e. The summed E-state index contributed by atoms with van der Waals surface area (Å²) in [4.78, 5) is 12.3. The number of nitro groups is 1. The first-order valence-corrected chi connectivity index (χ1v) is 6.73. The van der Waals surface area contributed by atoms with E-state index in [9.17, 15) is 20.5 Å². The molecule has 0 bridgehead atoms. The van der Waals surface area contributed by atoms with E-state index >= 15 is 0 Å². The lowest BCUT2D eigenvalue weighted by Crippen LogP contribution is -2.36. The Hall–Kier alpha value is -2.13. The van der Waals surface area contributed by atoms with Gasteiger partial charge >= 0.3 is 0 Å². The standard InChI is InChI=1S/C14H17N3O3/c15-10-11-9-13(17(19)20)5-6-14(11)16(7-8-18)12-3-1-2-4-12/h5-6,9,12,18H,1-4,7-8H2. The molecule has 1 N–H and O–H groups in total. The van der Waals surface area contributed by atoms with E-state index < -0.39 is 4.92 Å². The van der Waals surface area contributed by atoms with E-state index in [1.807, 2.05) is 11.0 Å². The van der Waals surface area contributed by atoms with Crippen molar-refractivity contribution in [2.24, 2.45) is 0 Å². The Kier molecular flexibility index (Phi) is 4.53. The van der Waals surface area contributed by atoms with E-state index in [0.717, 1.165) is 25.7 Å². The van der Waals surface area contributed by atoms with Crippen molar-refractivity contribution in [3.05, 3.63) is 33.9 Å². The molecule has 1 aromatic rings. The fourth-order valence-corrected chi connectivity index (χ4v) is 2.80. The van der Waals surface area contributed by atoms with Gasteiger partial charge in [0.25, 0.3) is 5.69 Å². The second-order valence-electron chi connectivity index (χ2n) is 4.93. The molecule has 0 atom stereocenters. The average molecular weight is 275 g/mol. The number of nitrogens with zero attached hydrogens (tertiary/aromatic N) is 3. The highest BCUT2D eigenvalue weighted by Gasteiger charge is 2.25. The second-order valence-corrected chi connectivity index (χ2v) is 4.93. The van der Waals surface area contributed by atoms with Gasteiger partial charge in [-0.3, -0.25) is 10.1 Å². The number of aliphatic hydroxyl groups is 1. The number of hydrogen-bond donors (Lipinski definition) is 1. The molecule has 0 radical (unpaired) electrons. The Labute approximate surface area is 117 Å². The summed E-state index contributed by atoms with van der Waals surface area (Å²) >= 11 is 0. The summed E-state index contributed by atoms with van der Waals surface area (Å²) in [6.07, 6.45) is 4.34. The molecule has 1 aliphatic rings. The molecule has 1 aromatic carbocycles. The highest BCUT2D eigenvalue weighted by Crippen LogP contribution is 2.31. The molecular weight excluding hydrogens is 258 g/mol. The average Bonchev–Trinajstić information content (AvgIpc) is 2.98. The molecular formula is C14H17N3O3. The maximum Gasteiger partial charge on any atom is 0.270 e. The van der Waals surface area contributed by atoms with Gasteiger partial charge in [0.15, 0.2) is 0 Å². The Balaban J connectivity index is 2.37. The molecule has 6 heteroatoms. The van der Waals surface area contributed by atoms with Crippen LogP contribution in [0.4, 0.5) is 11.4 Å². The van der Waals surface area contributed by atoms with Gasteiger partial charge in [-0.05, 0) is 18.9 Å². The first-order chi connectivity index (χ1) is 9.67. The third-order valence-electron chi connectivity index (χ3n) is 3.73. The summed E-state index contributed by atoms with van der Waals surface area (Å²) in [5, 5.41) is 29.2. The number of anilines is 1. The predicted octanol–water partition coefficient (Wildman–Crippen LogP) is 2.21. The summed E-state index contributed by atoms with van der Waals surface area (Å²) < 4.78 is 0. The molecule has 0 aliphatic heterocycles. The molecule has 2 rings (SSSR count). The molecule has 0 heterocycles. The van der Waals surface area contributed by atoms with Gasteiger partial charge in [0, 0.05) is 24.7 Å². The van der Waals surface area contributed by atoms with Crippen LogP contribution in [0.15, 0.2) is 18.2 Å². The summed E-state index contributed by atoms with van der Waals surface area (Å²) in [6, 6.07) is 6.66. The van der Waals surface area contributed by atoms with E-state index in [1.54, 1.807) is 6.07 Å². The van der Waals surface area contributed by atoms with Crippen LogP contribution >= 0.6 is 0 Å². The minimum Gasteiger partial charge on any atom is -0.395 e. The van der Waals surface area contributed by atoms with Gasteiger partial charge in [0.2, 0.25) is 0 Å². The molecule has 0 aromatic heterocycles. The summed E-state index contributed by atoms with van der Waals surface area (Å²) in [5.74, 6) is 0. The lowest BCUT2D eigenvalue weighted by atomic mass is 10.1. The van der Waals surface area contributed by atoms with E-state index in [4.69, 9.17) is 0 Å². The van der Waals surface area contributed by atoms with Crippen LogP contribution in [0.2, 0.25) is 0 Å². The van der Waals surface area contributed by atoms with Crippen molar-refractivity contribution in [2.75, 3.05) is 18.1 Å². The third-order valence-corrected chi connectivity index (χ3v) is 3.73. The van der Waals surface area contributed by atoms with Gasteiger partial charge in [0.1, 0.15) is 6.07 Å². The summed E-state index contributed by atoms with van der Waals surface area (Å²) in [5.41, 5.74) is 0.888. The monoisotopic (exact) mass is 275 g/mol. The highest BCUT2D eigenvalue weighted by atomic mass is 16.6. The molecule has 1 fully saturated rings. The number of hydrogen-bond acceptors (Lipinski definition) is 5. The quantitative estimate of drug-likeness (QED) is 0.657. The third kappa shape index (κ3) is 2.89. The van der Waals surface area contributed by atoms with Crippen LogP contribution in [0.3, 0.4) is 0 Å². The Morgan fingerprint density at radius 1 is 1.45 bits per heavy atom. The smallest absolute Gasteiger partial charge is 0.270 e. The van der Waals surface area contributed by atoms with Gasteiger partial charge in [-0.15, -0.1) is 0 Å². The van der Waals surface area contributed by atoms with Crippen molar-refractivity contribution in [1.29, 1.82) is 5.26 Å². The number of nitro benzene ring substituents is 1. The SMILES string of the molecule is N#Cc1cc([N+](=O)[O-])ccc1N(CCO)C1CCCC1. The molecule has 1 aliphatic carbocycles. The summed E-state index contributed by atoms with van der Waals surface area (Å²) in [6.45, 7) is 0.440. The zero-order valence-corrected chi connectivity index (χ0v) is 11.2. The van der Waals surface area contributed by atoms with Crippen LogP contribution in [0.5, 0.6) is 0 Å². The van der Waals surface area contributed by atoms with Crippen LogP contribution in [0.25, 0.3) is 0 Å². The number of benzene rings is 1. The Morgan fingerprint density at radius 2 is 2.15 bits per heavy atom. The maximum atomic E-state index is 10.8. The van der Waals surface area contributed by atoms with E-state index in [-0.39, 0.29) is 12.3 Å². The minimum absolute atomic E-state index is 0.00163. The fraction of sp³-hybridized carbons (Fsp3) is 0.500. The van der Waals surface area contributed by atoms with Gasteiger partial charge in [-0.1, -0.05) is 12.8 Å². The van der Waals surface area contributed by atoms with Crippen molar-refractivity contribution in [1.82, 2.24) is 0 Å². The topological polar surface area (TPSA) is 90.4 Å². The van der Waals surface area contributed by atoms with Crippen LogP contribution in [0.1, 0.15) is 31.2 Å². The maximum absolute atomic E-state index is 10.8. The van der Waals surface area contributed by atoms with Crippen molar-refractivity contribution in [3.8, 4) is 6.07 Å². The van der Waals surface area contributed by atoms with Gasteiger partial charge < -0.3 is 10.0 Å². The van der Waals surface area contributed by atoms with Crippen LogP contribution in [0, 0.1) is 21.4 Å². The predicted molar refractivity (Wildman–Crippen MR) is 74.5 cm³/mol. The molecule has 0 amide bonds. The number of non-ortho nitro benzene ring substituents is 1. The molecule has 20 heavy (non-hydrogen) atoms. The first kappa shape index (κ1) is 14.3. The molecule has 0 saturated heterocycles. The first-order valence-electron chi connectivity index (χ1n) is 6.73. The Bertz CT molecular complexity index is 533. The highest BCUT2D eigenvalue weighted by molar-refractivity contribution is 5.63. The van der Waals surface area contributed by atoms with Crippen LogP contribution < -0.4 is 4.90 Å². The van der Waals surface area contributed by atoms with Crippen LogP contribution in [-0.4, -0.2) is 29.2 Å². The van der Waals surface area contributed by atoms with Crippen molar-refractivity contribution in [2.45, 2.75) is 31.7 Å². The summed E-state index contributed by atoms with van der Waals surface area (Å²) in [7, 11) is 0. The Morgan fingerprint density at radius 3 is 2.70 bits per heavy atom. The molecule has 106 valence electrons. The number of aliphatic hydroxyl groups excluding tert-OH is 1. The van der Waals surface area contributed by atoms with Gasteiger partial charge in [-0.2, -0.15) is 5.26 Å². The van der Waals surface area contributed by atoms with Crippen molar-refractivity contribution in [3.63, 3.8) is 0 Å². The van der Waals surface area contributed by atoms with Crippen molar-refractivity contribution >= 4 is 11.4 Å². The fourth-order valence-electron chi connectivity index (χ4n) is 2.80. The normalized spacial score (nSPS) is 15.0. The molecule has 0 spiro atoms. The van der Waals surface area contributed by atoms with E-state index in [2.05, 4.69) is 0 Å². The van der Waals surface area contributed by atoms with Gasteiger partial charge in [0.05, 0.1) is 22.8 Å². The second kappa shape index (κ2) is 6.35. The van der Waals surface area contributed by atoms with Crippen LogP contribution in [-0.2, 0) is 0 Å². The lowest BCUT2D eigenvalue weighted by molar-refractivity contribution is -0.384. The number of rotatable bonds is 5. The van der Waals surface area contributed by atoms with Crippen molar-refractivity contribution < 1.29 is 10.0 Å². The van der Waals surface area contributed by atoms with Gasteiger partial charge in [-0.25, -0.2) is 0 Å². The lowest BCUT2D eigenvalue weighted by Gasteiger charge is -2.31. The zero-order valence-electron chi connectivity index (χ0n) is 11.2. The molecule has 6 nitrogen and oxygen atoms in total. The zero-order chi connectivity index (χ0) is 14.5. The minimum atomic E-state index is -0.503. The van der Waals surface area contributed by atoms with E-state index in [0.29, 0.717) is 23.8 Å². The molecule has 1 saturated carbocycles. The van der Waals surface area contributed by atoms with E-state index in [1.165, 1.54) is 12.1 Å². The molecule has 0 unspecified atom stereocenters.